The lowest BCUT2D eigenvalue weighted by molar-refractivity contribution is 0.103. The zero-order chi connectivity index (χ0) is 20.9. The molecule has 3 nitrogen and oxygen atoms in total. The molecule has 4 rings (SSSR count). The van der Waals surface area contributed by atoms with Crippen molar-refractivity contribution in [1.29, 1.82) is 0 Å². The molecule has 0 saturated carbocycles. The molecule has 0 fully saturated rings. The van der Waals surface area contributed by atoms with Crippen molar-refractivity contribution in [3.63, 3.8) is 0 Å². The number of methoxy groups -OCH3 is 2. The second kappa shape index (κ2) is 8.66. The first-order chi connectivity index (χ1) is 14.7. The Labute approximate surface area is 176 Å². The van der Waals surface area contributed by atoms with Crippen molar-refractivity contribution in [2.24, 2.45) is 0 Å². The molecule has 4 aromatic rings. The van der Waals surface area contributed by atoms with Crippen LogP contribution in [0.5, 0.6) is 11.5 Å². The van der Waals surface area contributed by atoms with Crippen molar-refractivity contribution in [1.82, 2.24) is 0 Å². The molecule has 0 aliphatic carbocycles. The number of rotatable bonds is 6. The quantitative estimate of drug-likeness (QED) is 0.362. The maximum Gasteiger partial charge on any atom is 0.193 e. The maximum atomic E-state index is 13.2. The molecule has 148 valence electrons. The van der Waals surface area contributed by atoms with Crippen LogP contribution in [0.25, 0.3) is 22.3 Å². The fourth-order valence-electron chi connectivity index (χ4n) is 3.41. The minimum Gasteiger partial charge on any atom is -0.497 e. The molecule has 0 aliphatic heterocycles. The molecular formula is C27H22O3. The number of carbonyl (C=O) groups excluding carboxylic acids is 1. The Balaban J connectivity index is 1.63. The Bertz CT molecular complexity index is 1070. The van der Waals surface area contributed by atoms with Gasteiger partial charge in [-0.3, -0.25) is 4.79 Å². The van der Waals surface area contributed by atoms with Crippen molar-refractivity contribution in [3.8, 4) is 33.8 Å². The lowest BCUT2D eigenvalue weighted by Crippen LogP contribution is -2.01. The minimum atomic E-state index is 0.000670. The summed E-state index contributed by atoms with van der Waals surface area (Å²) in [5, 5.41) is 0. The van der Waals surface area contributed by atoms with E-state index in [1.807, 2.05) is 97.1 Å². The largest absolute Gasteiger partial charge is 0.497 e. The Morgan fingerprint density at radius 3 is 1.30 bits per heavy atom. The number of carbonyl (C=O) groups is 1. The Morgan fingerprint density at radius 1 is 0.533 bits per heavy atom. The van der Waals surface area contributed by atoms with Gasteiger partial charge in [-0.25, -0.2) is 0 Å². The maximum absolute atomic E-state index is 13.2. The molecule has 4 aromatic carbocycles. The molecule has 0 bridgehead atoms. The summed E-state index contributed by atoms with van der Waals surface area (Å²) < 4.78 is 10.4. The fourth-order valence-corrected chi connectivity index (χ4v) is 3.41. The Hall–Kier alpha value is -3.85. The highest BCUT2D eigenvalue weighted by molar-refractivity contribution is 6.10. The summed E-state index contributed by atoms with van der Waals surface area (Å²) in [6, 6.07) is 31.1. The summed E-state index contributed by atoms with van der Waals surface area (Å²) in [7, 11) is 3.29. The van der Waals surface area contributed by atoms with E-state index in [0.717, 1.165) is 33.8 Å². The highest BCUT2D eigenvalue weighted by Gasteiger charge is 2.11. The van der Waals surface area contributed by atoms with E-state index in [-0.39, 0.29) is 5.78 Å². The summed E-state index contributed by atoms with van der Waals surface area (Å²) in [5.41, 5.74) is 5.39. The second-order valence-corrected chi connectivity index (χ2v) is 6.95. The monoisotopic (exact) mass is 394 g/mol. The van der Waals surface area contributed by atoms with E-state index in [4.69, 9.17) is 9.47 Å². The SMILES string of the molecule is COc1ccc(-c2cccc(C(=O)c3cccc(-c4ccc(OC)cc4)c3)c2)cc1. The lowest BCUT2D eigenvalue weighted by Gasteiger charge is -2.08. The summed E-state index contributed by atoms with van der Waals surface area (Å²) in [4.78, 5) is 13.2. The minimum absolute atomic E-state index is 0.000670. The van der Waals surface area contributed by atoms with E-state index in [0.29, 0.717) is 11.1 Å². The first kappa shape index (κ1) is 19.5. The van der Waals surface area contributed by atoms with E-state index in [1.54, 1.807) is 14.2 Å². The van der Waals surface area contributed by atoms with Gasteiger partial charge in [-0.2, -0.15) is 0 Å². The third-order valence-electron chi connectivity index (χ3n) is 5.10. The lowest BCUT2D eigenvalue weighted by atomic mass is 9.96. The second-order valence-electron chi connectivity index (χ2n) is 6.95. The zero-order valence-electron chi connectivity index (χ0n) is 17.0. The van der Waals surface area contributed by atoms with Crippen LogP contribution in [0.1, 0.15) is 15.9 Å². The molecule has 0 atom stereocenters. The van der Waals surface area contributed by atoms with Crippen LogP contribution in [0.4, 0.5) is 0 Å². The van der Waals surface area contributed by atoms with Gasteiger partial charge in [-0.05, 0) is 58.7 Å². The van der Waals surface area contributed by atoms with Crippen LogP contribution >= 0.6 is 0 Å². The first-order valence-corrected chi connectivity index (χ1v) is 9.71. The van der Waals surface area contributed by atoms with Crippen molar-refractivity contribution in [2.75, 3.05) is 14.2 Å². The third kappa shape index (κ3) is 4.11. The molecule has 0 aliphatic rings. The predicted molar refractivity (Wildman–Crippen MR) is 120 cm³/mol. The molecule has 0 heterocycles. The van der Waals surface area contributed by atoms with Crippen molar-refractivity contribution in [3.05, 3.63) is 108 Å². The Morgan fingerprint density at radius 2 is 0.933 bits per heavy atom. The van der Waals surface area contributed by atoms with Crippen LogP contribution in [0.3, 0.4) is 0 Å². The average Bonchev–Trinajstić information content (AvgIpc) is 2.84. The number of ketones is 1. The molecule has 0 N–H and O–H groups in total. The average molecular weight is 394 g/mol. The molecule has 0 unspecified atom stereocenters. The highest BCUT2D eigenvalue weighted by Crippen LogP contribution is 2.26. The van der Waals surface area contributed by atoms with E-state index in [2.05, 4.69) is 0 Å². The van der Waals surface area contributed by atoms with Gasteiger partial charge in [-0.1, -0.05) is 60.7 Å². The topological polar surface area (TPSA) is 35.5 Å². The van der Waals surface area contributed by atoms with Crippen LogP contribution in [0.15, 0.2) is 97.1 Å². The zero-order valence-corrected chi connectivity index (χ0v) is 17.0. The van der Waals surface area contributed by atoms with E-state index in [9.17, 15) is 4.79 Å². The number of hydrogen-bond donors (Lipinski definition) is 0. The fraction of sp³-hybridized carbons (Fsp3) is 0.0741. The molecule has 0 saturated heterocycles. The van der Waals surface area contributed by atoms with Crippen molar-refractivity contribution >= 4 is 5.78 Å². The molecule has 0 radical (unpaired) electrons. The van der Waals surface area contributed by atoms with Gasteiger partial charge < -0.3 is 9.47 Å². The van der Waals surface area contributed by atoms with Gasteiger partial charge in [0.25, 0.3) is 0 Å². The van der Waals surface area contributed by atoms with Gasteiger partial charge in [0.15, 0.2) is 5.78 Å². The summed E-state index contributed by atoms with van der Waals surface area (Å²) in [6.45, 7) is 0. The van der Waals surface area contributed by atoms with Crippen LogP contribution in [-0.4, -0.2) is 20.0 Å². The van der Waals surface area contributed by atoms with Gasteiger partial charge in [0.2, 0.25) is 0 Å². The first-order valence-electron chi connectivity index (χ1n) is 9.71. The third-order valence-corrected chi connectivity index (χ3v) is 5.10. The van der Waals surface area contributed by atoms with Gasteiger partial charge in [0.1, 0.15) is 11.5 Å². The standard InChI is InChI=1S/C27H22O3/c1-29-25-13-9-19(10-14-25)21-5-3-7-23(17-21)27(28)24-8-4-6-22(18-24)20-11-15-26(30-2)16-12-20/h3-18H,1-2H3. The predicted octanol–water partition coefficient (Wildman–Crippen LogP) is 6.27. The molecule has 0 spiro atoms. The van der Waals surface area contributed by atoms with Gasteiger partial charge >= 0.3 is 0 Å². The molecule has 30 heavy (non-hydrogen) atoms. The number of hydrogen-bond acceptors (Lipinski definition) is 3. The normalized spacial score (nSPS) is 10.5. The highest BCUT2D eigenvalue weighted by atomic mass is 16.5. The molecule has 0 aromatic heterocycles. The van der Waals surface area contributed by atoms with Crippen LogP contribution < -0.4 is 9.47 Å². The number of ether oxygens (including phenoxy) is 2. The molecule has 0 amide bonds. The smallest absolute Gasteiger partial charge is 0.193 e. The summed E-state index contributed by atoms with van der Waals surface area (Å²) >= 11 is 0. The number of benzene rings is 4. The van der Waals surface area contributed by atoms with Crippen molar-refractivity contribution < 1.29 is 14.3 Å². The summed E-state index contributed by atoms with van der Waals surface area (Å²) in [5.74, 6) is 1.61. The van der Waals surface area contributed by atoms with E-state index >= 15 is 0 Å². The van der Waals surface area contributed by atoms with Crippen LogP contribution in [0, 0.1) is 0 Å². The van der Waals surface area contributed by atoms with Gasteiger partial charge in [-0.15, -0.1) is 0 Å². The van der Waals surface area contributed by atoms with Gasteiger partial charge in [0.05, 0.1) is 14.2 Å². The van der Waals surface area contributed by atoms with E-state index in [1.165, 1.54) is 0 Å². The summed E-state index contributed by atoms with van der Waals surface area (Å²) in [6.07, 6.45) is 0. The molecule has 3 heteroatoms. The van der Waals surface area contributed by atoms with Gasteiger partial charge in [0, 0.05) is 11.1 Å². The van der Waals surface area contributed by atoms with Crippen LogP contribution in [0.2, 0.25) is 0 Å². The Kier molecular flexibility index (Phi) is 5.62. The van der Waals surface area contributed by atoms with Crippen LogP contribution in [-0.2, 0) is 0 Å². The van der Waals surface area contributed by atoms with E-state index < -0.39 is 0 Å². The molecular weight excluding hydrogens is 372 g/mol. The van der Waals surface area contributed by atoms with Crippen molar-refractivity contribution in [2.45, 2.75) is 0 Å².